The Balaban J connectivity index is 2.28. The monoisotopic (exact) mass is 259 g/mol. The molecule has 0 fully saturated rings. The zero-order valence-corrected chi connectivity index (χ0v) is 10.8. The first kappa shape index (κ1) is 13.2. The van der Waals surface area contributed by atoms with E-state index in [1.807, 2.05) is 31.2 Å². The topological polar surface area (TPSA) is 39.2 Å². The molecule has 98 valence electrons. The van der Waals surface area contributed by atoms with E-state index in [1.54, 1.807) is 0 Å². The Hall–Kier alpha value is -2.23. The van der Waals surface area contributed by atoms with E-state index in [9.17, 15) is 9.18 Å². The number of ketones is 1. The molecule has 0 aliphatic carbocycles. The molecule has 2 aromatic rings. The average molecular weight is 259 g/mol. The molecule has 0 spiro atoms. The van der Waals surface area contributed by atoms with Crippen LogP contribution in [0.25, 0.3) is 0 Å². The SMILES string of the molecule is COc1nccc(C(=O)Cc2ccccc2C)c1F. The third-order valence-corrected chi connectivity index (χ3v) is 2.96. The molecule has 4 heteroatoms. The molecule has 1 aromatic heterocycles. The van der Waals surface area contributed by atoms with Crippen LogP contribution in [-0.4, -0.2) is 17.9 Å². The molecule has 0 N–H and O–H groups in total. The lowest BCUT2D eigenvalue weighted by molar-refractivity contribution is 0.0988. The fraction of sp³-hybridized carbons (Fsp3) is 0.200. The van der Waals surface area contributed by atoms with Crippen molar-refractivity contribution in [3.63, 3.8) is 0 Å². The van der Waals surface area contributed by atoms with Crippen molar-refractivity contribution in [1.29, 1.82) is 0 Å². The number of halogens is 1. The van der Waals surface area contributed by atoms with E-state index in [0.717, 1.165) is 11.1 Å². The summed E-state index contributed by atoms with van der Waals surface area (Å²) in [4.78, 5) is 15.8. The minimum Gasteiger partial charge on any atom is -0.479 e. The van der Waals surface area contributed by atoms with Crippen molar-refractivity contribution in [3.8, 4) is 5.88 Å². The van der Waals surface area contributed by atoms with Crippen LogP contribution in [-0.2, 0) is 6.42 Å². The third-order valence-electron chi connectivity index (χ3n) is 2.96. The lowest BCUT2D eigenvalue weighted by Gasteiger charge is -2.07. The van der Waals surface area contributed by atoms with Gasteiger partial charge in [-0.2, -0.15) is 0 Å². The predicted molar refractivity (Wildman–Crippen MR) is 70.0 cm³/mol. The summed E-state index contributed by atoms with van der Waals surface area (Å²) in [5, 5.41) is 0. The molecule has 0 atom stereocenters. The van der Waals surface area contributed by atoms with Gasteiger partial charge in [0.15, 0.2) is 11.6 Å². The highest BCUT2D eigenvalue weighted by atomic mass is 19.1. The molecular formula is C15H14FNO2. The minimum absolute atomic E-state index is 0.00935. The summed E-state index contributed by atoms with van der Waals surface area (Å²) >= 11 is 0. The molecule has 0 unspecified atom stereocenters. The van der Waals surface area contributed by atoms with E-state index in [0.29, 0.717) is 0 Å². The number of carbonyl (C=O) groups is 1. The number of ether oxygens (including phenoxy) is 1. The van der Waals surface area contributed by atoms with Crippen LogP contribution in [0.3, 0.4) is 0 Å². The van der Waals surface area contributed by atoms with Crippen LogP contribution >= 0.6 is 0 Å². The third kappa shape index (κ3) is 2.78. The molecule has 0 bridgehead atoms. The van der Waals surface area contributed by atoms with Crippen LogP contribution in [0.15, 0.2) is 36.5 Å². The summed E-state index contributed by atoms with van der Waals surface area (Å²) in [7, 11) is 1.32. The Kier molecular flexibility index (Phi) is 3.90. The summed E-state index contributed by atoms with van der Waals surface area (Å²) in [6, 6.07) is 8.92. The molecule has 0 aliphatic heterocycles. The number of rotatable bonds is 4. The summed E-state index contributed by atoms with van der Waals surface area (Å²) in [5.74, 6) is -1.15. The maximum Gasteiger partial charge on any atom is 0.250 e. The first-order valence-electron chi connectivity index (χ1n) is 5.89. The molecule has 1 aromatic carbocycles. The maximum absolute atomic E-state index is 13.9. The van der Waals surface area contributed by atoms with Gasteiger partial charge in [0, 0.05) is 12.6 Å². The first-order chi connectivity index (χ1) is 9.13. The molecule has 2 rings (SSSR count). The Morgan fingerprint density at radius 3 is 2.74 bits per heavy atom. The zero-order valence-electron chi connectivity index (χ0n) is 10.8. The van der Waals surface area contributed by atoms with Crippen molar-refractivity contribution in [2.75, 3.05) is 7.11 Å². The molecule has 0 amide bonds. The number of carbonyl (C=O) groups excluding carboxylic acids is 1. The molecular weight excluding hydrogens is 245 g/mol. The quantitative estimate of drug-likeness (QED) is 0.792. The molecule has 3 nitrogen and oxygen atoms in total. The van der Waals surface area contributed by atoms with E-state index in [-0.39, 0.29) is 23.6 Å². The van der Waals surface area contributed by atoms with Crippen LogP contribution in [0.1, 0.15) is 21.5 Å². The second-order valence-electron chi connectivity index (χ2n) is 4.21. The molecule has 19 heavy (non-hydrogen) atoms. The molecule has 0 aliphatic rings. The number of Topliss-reactive ketones (excluding diaryl/α,β-unsaturated/α-hetero) is 1. The van der Waals surface area contributed by atoms with Crippen molar-refractivity contribution in [1.82, 2.24) is 4.98 Å². The van der Waals surface area contributed by atoms with Gasteiger partial charge in [-0.1, -0.05) is 24.3 Å². The highest BCUT2D eigenvalue weighted by molar-refractivity contribution is 5.98. The largest absolute Gasteiger partial charge is 0.479 e. The Bertz CT molecular complexity index is 611. The van der Waals surface area contributed by atoms with Gasteiger partial charge in [0.25, 0.3) is 5.88 Å². The van der Waals surface area contributed by atoms with Crippen molar-refractivity contribution in [3.05, 3.63) is 59.0 Å². The van der Waals surface area contributed by atoms with Gasteiger partial charge in [0.1, 0.15) is 0 Å². The zero-order chi connectivity index (χ0) is 13.8. The number of hydrogen-bond acceptors (Lipinski definition) is 3. The van der Waals surface area contributed by atoms with E-state index < -0.39 is 5.82 Å². The van der Waals surface area contributed by atoms with E-state index in [4.69, 9.17) is 4.74 Å². The lowest BCUT2D eigenvalue weighted by atomic mass is 10.00. The van der Waals surface area contributed by atoms with Gasteiger partial charge < -0.3 is 4.74 Å². The van der Waals surface area contributed by atoms with Crippen molar-refractivity contribution < 1.29 is 13.9 Å². The standard InChI is InChI=1S/C15H14FNO2/c1-10-5-3-4-6-11(10)9-13(18)12-7-8-17-15(19-2)14(12)16/h3-8H,9H2,1-2H3. The average Bonchev–Trinajstić information content (AvgIpc) is 2.41. The van der Waals surface area contributed by atoms with Gasteiger partial charge in [-0.25, -0.2) is 9.37 Å². The Morgan fingerprint density at radius 1 is 1.32 bits per heavy atom. The van der Waals surface area contributed by atoms with Crippen molar-refractivity contribution >= 4 is 5.78 Å². The second-order valence-corrected chi connectivity index (χ2v) is 4.21. The van der Waals surface area contributed by atoms with Gasteiger partial charge >= 0.3 is 0 Å². The van der Waals surface area contributed by atoms with E-state index in [2.05, 4.69) is 4.98 Å². The molecule has 0 saturated heterocycles. The van der Waals surface area contributed by atoms with E-state index >= 15 is 0 Å². The second kappa shape index (κ2) is 5.61. The molecule has 0 radical (unpaired) electrons. The van der Waals surface area contributed by atoms with Crippen LogP contribution in [0.4, 0.5) is 4.39 Å². The van der Waals surface area contributed by atoms with Crippen LogP contribution < -0.4 is 4.74 Å². The van der Waals surface area contributed by atoms with Crippen molar-refractivity contribution in [2.45, 2.75) is 13.3 Å². The number of hydrogen-bond donors (Lipinski definition) is 0. The Labute approximate surface area is 111 Å². The lowest BCUT2D eigenvalue weighted by Crippen LogP contribution is -2.09. The van der Waals surface area contributed by atoms with Gasteiger partial charge in [-0.15, -0.1) is 0 Å². The number of pyridine rings is 1. The smallest absolute Gasteiger partial charge is 0.250 e. The molecule has 1 heterocycles. The first-order valence-corrected chi connectivity index (χ1v) is 5.89. The van der Waals surface area contributed by atoms with Gasteiger partial charge in [-0.05, 0) is 24.1 Å². The van der Waals surface area contributed by atoms with Gasteiger partial charge in [0.05, 0.1) is 12.7 Å². The number of nitrogens with zero attached hydrogens (tertiary/aromatic N) is 1. The molecule has 0 saturated carbocycles. The fourth-order valence-corrected chi connectivity index (χ4v) is 1.86. The minimum atomic E-state index is -0.705. The predicted octanol–water partition coefficient (Wildman–Crippen LogP) is 2.96. The summed E-state index contributed by atoms with van der Waals surface area (Å²) in [5.41, 5.74) is 1.91. The maximum atomic E-state index is 13.9. The van der Waals surface area contributed by atoms with Crippen LogP contribution in [0.2, 0.25) is 0 Å². The summed E-state index contributed by atoms with van der Waals surface area (Å²) < 4.78 is 18.7. The number of aromatic nitrogens is 1. The summed E-state index contributed by atoms with van der Waals surface area (Å²) in [6.07, 6.45) is 1.53. The number of methoxy groups -OCH3 is 1. The van der Waals surface area contributed by atoms with Crippen LogP contribution in [0, 0.1) is 12.7 Å². The van der Waals surface area contributed by atoms with Gasteiger partial charge in [0.2, 0.25) is 0 Å². The number of aryl methyl sites for hydroxylation is 1. The number of benzene rings is 1. The van der Waals surface area contributed by atoms with Crippen LogP contribution in [0.5, 0.6) is 5.88 Å². The fourth-order valence-electron chi connectivity index (χ4n) is 1.86. The van der Waals surface area contributed by atoms with E-state index in [1.165, 1.54) is 19.4 Å². The van der Waals surface area contributed by atoms with Gasteiger partial charge in [-0.3, -0.25) is 4.79 Å². The van der Waals surface area contributed by atoms with Crippen molar-refractivity contribution in [2.24, 2.45) is 0 Å². The highest BCUT2D eigenvalue weighted by Crippen LogP contribution is 2.19. The normalized spacial score (nSPS) is 10.3. The summed E-state index contributed by atoms with van der Waals surface area (Å²) in [6.45, 7) is 1.92. The Morgan fingerprint density at radius 2 is 2.05 bits per heavy atom. The highest BCUT2D eigenvalue weighted by Gasteiger charge is 2.17.